The second-order valence-electron chi connectivity index (χ2n) is 3.83. The quantitative estimate of drug-likeness (QED) is 0.825. The topological polar surface area (TPSA) is 45.0 Å². The van der Waals surface area contributed by atoms with Gasteiger partial charge in [-0.25, -0.2) is 4.39 Å². The van der Waals surface area contributed by atoms with Crippen LogP contribution in [0, 0.1) is 23.1 Å². The van der Waals surface area contributed by atoms with E-state index in [1.807, 2.05) is 13.0 Å². The zero-order valence-electron chi connectivity index (χ0n) is 10.2. The van der Waals surface area contributed by atoms with Gasteiger partial charge in [-0.2, -0.15) is 5.26 Å². The molecule has 0 saturated carbocycles. The molecule has 0 spiro atoms. The van der Waals surface area contributed by atoms with Crippen LogP contribution >= 0.6 is 0 Å². The second kappa shape index (κ2) is 6.87. The number of nitrogens with zero attached hydrogens (tertiary/aromatic N) is 1. The Morgan fingerprint density at radius 3 is 2.82 bits per heavy atom. The van der Waals surface area contributed by atoms with Crippen LogP contribution in [0.3, 0.4) is 0 Å². The van der Waals surface area contributed by atoms with E-state index in [4.69, 9.17) is 10.00 Å². The lowest BCUT2D eigenvalue weighted by Gasteiger charge is -2.09. The van der Waals surface area contributed by atoms with Crippen molar-refractivity contribution in [1.82, 2.24) is 5.32 Å². The van der Waals surface area contributed by atoms with Crippen molar-refractivity contribution >= 4 is 0 Å². The maximum absolute atomic E-state index is 13.4. The van der Waals surface area contributed by atoms with Crippen LogP contribution in [0.15, 0.2) is 18.2 Å². The molecular weight excluding hydrogens is 219 g/mol. The summed E-state index contributed by atoms with van der Waals surface area (Å²) < 4.78 is 18.2. The van der Waals surface area contributed by atoms with Gasteiger partial charge < -0.3 is 10.1 Å². The van der Waals surface area contributed by atoms with Gasteiger partial charge in [0.05, 0.1) is 19.1 Å². The number of rotatable bonds is 6. The Hall–Kier alpha value is -1.60. The third-order valence-electron chi connectivity index (χ3n) is 2.61. The Bertz CT molecular complexity index is 401. The van der Waals surface area contributed by atoms with E-state index in [0.717, 1.165) is 12.0 Å². The molecule has 1 rings (SSSR count). The average molecular weight is 236 g/mol. The van der Waals surface area contributed by atoms with Crippen LogP contribution in [-0.2, 0) is 6.54 Å². The summed E-state index contributed by atoms with van der Waals surface area (Å²) in [6, 6.07) is 7.07. The summed E-state index contributed by atoms with van der Waals surface area (Å²) in [4.78, 5) is 0. The van der Waals surface area contributed by atoms with E-state index in [9.17, 15) is 4.39 Å². The average Bonchev–Trinajstić information content (AvgIpc) is 2.35. The van der Waals surface area contributed by atoms with Gasteiger partial charge in [0, 0.05) is 13.1 Å². The fourth-order valence-electron chi connectivity index (χ4n) is 1.49. The molecule has 0 amide bonds. The van der Waals surface area contributed by atoms with Gasteiger partial charge in [0.25, 0.3) is 0 Å². The molecule has 0 aliphatic heterocycles. The lowest BCUT2D eigenvalue weighted by atomic mass is 10.1. The smallest absolute Gasteiger partial charge is 0.165 e. The molecule has 0 radical (unpaired) electrons. The minimum Gasteiger partial charge on any atom is -0.494 e. The molecule has 0 aliphatic carbocycles. The summed E-state index contributed by atoms with van der Waals surface area (Å²) in [5.41, 5.74) is 0.844. The monoisotopic (exact) mass is 236 g/mol. The third kappa shape index (κ3) is 4.04. The zero-order chi connectivity index (χ0) is 12.7. The number of hydrogen-bond donors (Lipinski definition) is 1. The number of methoxy groups -OCH3 is 1. The van der Waals surface area contributed by atoms with Crippen molar-refractivity contribution in [2.45, 2.75) is 19.9 Å². The van der Waals surface area contributed by atoms with Crippen molar-refractivity contribution in [2.24, 2.45) is 5.92 Å². The highest BCUT2D eigenvalue weighted by molar-refractivity contribution is 5.29. The molecule has 1 aromatic carbocycles. The Morgan fingerprint density at radius 1 is 1.53 bits per heavy atom. The Kier molecular flexibility index (Phi) is 5.44. The fraction of sp³-hybridized carbons (Fsp3) is 0.462. The zero-order valence-corrected chi connectivity index (χ0v) is 10.2. The van der Waals surface area contributed by atoms with Crippen LogP contribution in [-0.4, -0.2) is 13.7 Å². The molecule has 0 aliphatic rings. The molecule has 0 aromatic heterocycles. The number of hydrogen-bond acceptors (Lipinski definition) is 3. The van der Waals surface area contributed by atoms with Crippen molar-refractivity contribution in [3.8, 4) is 11.8 Å². The van der Waals surface area contributed by atoms with Gasteiger partial charge >= 0.3 is 0 Å². The predicted molar refractivity (Wildman–Crippen MR) is 64.1 cm³/mol. The first-order chi connectivity index (χ1) is 8.21. The highest BCUT2D eigenvalue weighted by atomic mass is 19.1. The van der Waals surface area contributed by atoms with E-state index in [1.54, 1.807) is 6.07 Å². The Morgan fingerprint density at radius 2 is 2.29 bits per heavy atom. The van der Waals surface area contributed by atoms with Crippen LogP contribution in [0.1, 0.15) is 18.9 Å². The first-order valence-corrected chi connectivity index (χ1v) is 5.64. The molecule has 4 heteroatoms. The van der Waals surface area contributed by atoms with Crippen molar-refractivity contribution < 1.29 is 9.13 Å². The molecular formula is C13H17FN2O. The van der Waals surface area contributed by atoms with Gasteiger partial charge in [0.15, 0.2) is 11.6 Å². The van der Waals surface area contributed by atoms with Crippen LogP contribution in [0.2, 0.25) is 0 Å². The van der Waals surface area contributed by atoms with E-state index < -0.39 is 0 Å². The summed E-state index contributed by atoms with van der Waals surface area (Å²) in [5.74, 6) is -0.102. The highest BCUT2D eigenvalue weighted by Crippen LogP contribution is 2.17. The molecule has 0 saturated heterocycles. The molecule has 1 atom stereocenters. The van der Waals surface area contributed by atoms with Gasteiger partial charge in [-0.1, -0.05) is 13.0 Å². The van der Waals surface area contributed by atoms with Gasteiger partial charge in [0.2, 0.25) is 0 Å². The summed E-state index contributed by atoms with van der Waals surface area (Å²) >= 11 is 0. The molecule has 3 nitrogen and oxygen atoms in total. The molecule has 1 N–H and O–H groups in total. The van der Waals surface area contributed by atoms with Crippen LogP contribution < -0.4 is 10.1 Å². The normalized spacial score (nSPS) is 11.9. The minimum absolute atomic E-state index is 0.0121. The molecule has 0 fully saturated rings. The molecule has 0 heterocycles. The number of benzene rings is 1. The van der Waals surface area contributed by atoms with Crippen LogP contribution in [0.25, 0.3) is 0 Å². The third-order valence-corrected chi connectivity index (χ3v) is 2.61. The van der Waals surface area contributed by atoms with Crippen LogP contribution in [0.5, 0.6) is 5.75 Å². The lowest BCUT2D eigenvalue weighted by molar-refractivity contribution is 0.386. The van der Waals surface area contributed by atoms with E-state index in [0.29, 0.717) is 13.1 Å². The molecule has 1 aromatic rings. The highest BCUT2D eigenvalue weighted by Gasteiger charge is 2.05. The number of halogens is 1. The number of nitriles is 1. The lowest BCUT2D eigenvalue weighted by Crippen LogP contribution is -2.21. The SMILES string of the molecule is CCC(C#N)CNCc1ccc(OC)c(F)c1. The van der Waals surface area contributed by atoms with Crippen molar-refractivity contribution in [1.29, 1.82) is 5.26 Å². The summed E-state index contributed by atoms with van der Waals surface area (Å²) in [5, 5.41) is 11.9. The molecule has 0 bridgehead atoms. The van der Waals surface area contributed by atoms with Gasteiger partial charge in [-0.3, -0.25) is 0 Å². The Balaban J connectivity index is 2.48. The molecule has 1 unspecified atom stereocenters. The van der Waals surface area contributed by atoms with E-state index in [2.05, 4.69) is 11.4 Å². The first kappa shape index (κ1) is 13.5. The summed E-state index contributed by atoms with van der Waals surface area (Å²) in [6.45, 7) is 3.16. The van der Waals surface area contributed by atoms with E-state index in [-0.39, 0.29) is 17.5 Å². The van der Waals surface area contributed by atoms with Gasteiger partial charge in [-0.05, 0) is 24.1 Å². The largest absolute Gasteiger partial charge is 0.494 e. The summed E-state index contributed by atoms with van der Waals surface area (Å²) in [6.07, 6.45) is 0.820. The number of ether oxygens (including phenoxy) is 1. The van der Waals surface area contributed by atoms with E-state index >= 15 is 0 Å². The fourth-order valence-corrected chi connectivity index (χ4v) is 1.49. The first-order valence-electron chi connectivity index (χ1n) is 5.64. The number of nitrogens with one attached hydrogen (secondary N) is 1. The van der Waals surface area contributed by atoms with Crippen molar-refractivity contribution in [3.63, 3.8) is 0 Å². The van der Waals surface area contributed by atoms with E-state index in [1.165, 1.54) is 13.2 Å². The standard InChI is InChI=1S/C13H17FN2O/c1-3-10(7-15)8-16-9-11-4-5-13(17-2)12(14)6-11/h4-6,10,16H,3,8-9H2,1-2H3. The van der Waals surface area contributed by atoms with Crippen molar-refractivity contribution in [3.05, 3.63) is 29.6 Å². The van der Waals surface area contributed by atoms with Gasteiger partial charge in [-0.15, -0.1) is 0 Å². The van der Waals surface area contributed by atoms with Gasteiger partial charge in [0.1, 0.15) is 0 Å². The molecule has 92 valence electrons. The maximum Gasteiger partial charge on any atom is 0.165 e. The molecule has 17 heavy (non-hydrogen) atoms. The van der Waals surface area contributed by atoms with Crippen molar-refractivity contribution in [2.75, 3.05) is 13.7 Å². The van der Waals surface area contributed by atoms with Crippen LogP contribution in [0.4, 0.5) is 4.39 Å². The summed E-state index contributed by atoms with van der Waals surface area (Å²) in [7, 11) is 1.44. The second-order valence-corrected chi connectivity index (χ2v) is 3.83. The predicted octanol–water partition coefficient (Wildman–Crippen LogP) is 2.47. The Labute approximate surface area is 101 Å². The maximum atomic E-state index is 13.4. The minimum atomic E-state index is -0.362.